The molecule has 0 fully saturated rings. The van der Waals surface area contributed by atoms with Gasteiger partial charge in [0.05, 0.1) is 0 Å². The zero-order chi connectivity index (χ0) is 6.41. The van der Waals surface area contributed by atoms with Crippen LogP contribution in [0.25, 0.3) is 0 Å². The van der Waals surface area contributed by atoms with Gasteiger partial charge in [-0.25, -0.2) is 0 Å². The minimum Gasteiger partial charge on any atom is -0.309 e. The van der Waals surface area contributed by atoms with Gasteiger partial charge >= 0.3 is 20.4 Å². The number of hydrogen-bond donors (Lipinski definition) is 0. The average Bonchev–Trinajstić information content (AvgIpc) is 1.66. The normalized spacial score (nSPS) is 9.50. The third-order valence-electron chi connectivity index (χ3n) is 1.21. The van der Waals surface area contributed by atoms with E-state index in [4.69, 9.17) is 0 Å². The molecule has 1 nitrogen and oxygen atoms in total. The molecule has 46 valence electrons. The van der Waals surface area contributed by atoms with Crippen LogP contribution in [0.4, 0.5) is 0 Å². The Labute approximate surface area is 62.2 Å². The average molecular weight is 125 g/mol. The van der Waals surface area contributed by atoms with Crippen LogP contribution in [0.2, 0.25) is 9.60 Å². The highest BCUT2D eigenvalue weighted by molar-refractivity contribution is 6.33. The standard InChI is InChI=1S/C5H12N.CH3.Mg/c1-4-5-6(2)3;;/h1,4-5H2,2-3H3;1H3;. The third-order valence-corrected chi connectivity index (χ3v) is 2.42. The van der Waals surface area contributed by atoms with Gasteiger partial charge in [-0.15, -0.1) is 4.55 Å². The molecule has 0 saturated carbocycles. The van der Waals surface area contributed by atoms with Crippen molar-refractivity contribution in [2.75, 3.05) is 20.6 Å². The van der Waals surface area contributed by atoms with Crippen molar-refractivity contribution in [2.24, 2.45) is 0 Å². The van der Waals surface area contributed by atoms with Crippen molar-refractivity contribution in [3.63, 3.8) is 0 Å². The molecule has 0 spiro atoms. The summed E-state index contributed by atoms with van der Waals surface area (Å²) in [5, 5.41) is 2.37. The Kier molecular flexibility index (Phi) is 6.39. The zero-order valence-electron chi connectivity index (χ0n) is 6.28. The van der Waals surface area contributed by atoms with E-state index in [0.29, 0.717) is 20.4 Å². The van der Waals surface area contributed by atoms with Gasteiger partial charge in [0.15, 0.2) is 0 Å². The van der Waals surface area contributed by atoms with E-state index in [0.717, 1.165) is 0 Å². The Morgan fingerprint density at radius 2 is 2.00 bits per heavy atom. The summed E-state index contributed by atoms with van der Waals surface area (Å²) in [6.07, 6.45) is 1.41. The van der Waals surface area contributed by atoms with Crippen LogP contribution in [0.15, 0.2) is 0 Å². The summed E-state index contributed by atoms with van der Waals surface area (Å²) >= 11 is 0.344. The number of nitrogens with zero attached hydrogens (tertiary/aromatic N) is 1. The summed E-state index contributed by atoms with van der Waals surface area (Å²) in [6.45, 7) is 1.28. The summed E-state index contributed by atoms with van der Waals surface area (Å²) in [5.41, 5.74) is 0. The largest absolute Gasteiger partial charge is 0.360 e. The summed E-state index contributed by atoms with van der Waals surface area (Å²) in [6, 6.07) is 0. The molecule has 0 bridgehead atoms. The zero-order valence-corrected chi connectivity index (χ0v) is 7.69. The molecule has 0 aromatic heterocycles. The Morgan fingerprint density at radius 3 is 2.38 bits per heavy atom. The van der Waals surface area contributed by atoms with E-state index in [1.165, 1.54) is 17.5 Å². The molecule has 0 saturated heterocycles. The second kappa shape index (κ2) is 5.86. The number of rotatable bonds is 4. The predicted octanol–water partition coefficient (Wildman–Crippen LogP) is 1.11. The molecule has 0 atom stereocenters. The van der Waals surface area contributed by atoms with Gasteiger partial charge in [0.2, 0.25) is 0 Å². The molecule has 8 heavy (non-hydrogen) atoms. The first kappa shape index (κ1) is 8.73. The molecule has 0 radical (unpaired) electrons. The van der Waals surface area contributed by atoms with Gasteiger partial charge in [-0.1, -0.05) is 6.42 Å². The SMILES string of the molecule is [CH3][Mg][CH2]CCN(C)C. The summed E-state index contributed by atoms with van der Waals surface area (Å²) in [5.74, 6) is 0. The fourth-order valence-electron chi connectivity index (χ4n) is 0.678. The smallest absolute Gasteiger partial charge is 0.309 e. The fourth-order valence-corrected chi connectivity index (χ4v) is 1.40. The van der Waals surface area contributed by atoms with Gasteiger partial charge in [-0.2, -0.15) is 5.05 Å². The molecule has 0 aliphatic carbocycles. The lowest BCUT2D eigenvalue weighted by Crippen LogP contribution is -2.12. The van der Waals surface area contributed by atoms with Gasteiger partial charge in [0.1, 0.15) is 0 Å². The Hall–Kier alpha value is 0.726. The molecule has 0 rings (SSSR count). The van der Waals surface area contributed by atoms with E-state index < -0.39 is 0 Å². The molecule has 0 N–H and O–H groups in total. The first-order chi connectivity index (χ1) is 3.77. The second-order valence-corrected chi connectivity index (χ2v) is 4.22. The first-order valence-corrected chi connectivity index (χ1v) is 5.83. The Bertz CT molecular complexity index is 45.8. The molecule has 0 aliphatic heterocycles. The van der Waals surface area contributed by atoms with Crippen LogP contribution in [0.5, 0.6) is 0 Å². The molecule has 0 aliphatic rings. The van der Waals surface area contributed by atoms with E-state index >= 15 is 0 Å². The summed E-state index contributed by atoms with van der Waals surface area (Å²) < 4.78 is 1.51. The maximum atomic E-state index is 2.37. The van der Waals surface area contributed by atoms with E-state index in [1.807, 2.05) is 0 Å². The highest BCUT2D eigenvalue weighted by Gasteiger charge is 1.89. The van der Waals surface area contributed by atoms with Crippen molar-refractivity contribution >= 4 is 20.4 Å². The van der Waals surface area contributed by atoms with Gasteiger partial charge in [-0.05, 0) is 20.6 Å². The van der Waals surface area contributed by atoms with Crippen LogP contribution in [0.3, 0.4) is 0 Å². The van der Waals surface area contributed by atoms with Crippen LogP contribution in [-0.2, 0) is 0 Å². The highest BCUT2D eigenvalue weighted by atomic mass is 24.5. The fraction of sp³-hybridized carbons (Fsp3) is 1.00. The van der Waals surface area contributed by atoms with Gasteiger partial charge in [0.25, 0.3) is 0 Å². The van der Waals surface area contributed by atoms with Crippen molar-refractivity contribution in [1.29, 1.82) is 0 Å². The summed E-state index contributed by atoms with van der Waals surface area (Å²) in [4.78, 5) is 2.25. The molecule has 2 heteroatoms. The van der Waals surface area contributed by atoms with Crippen LogP contribution in [0, 0.1) is 0 Å². The van der Waals surface area contributed by atoms with Crippen LogP contribution < -0.4 is 0 Å². The Balaban J connectivity index is 2.72. The molecular weight excluding hydrogens is 110 g/mol. The van der Waals surface area contributed by atoms with Crippen LogP contribution >= 0.6 is 0 Å². The lowest BCUT2D eigenvalue weighted by Gasteiger charge is -2.06. The van der Waals surface area contributed by atoms with Gasteiger partial charge in [-0.3, -0.25) is 0 Å². The highest BCUT2D eigenvalue weighted by Crippen LogP contribution is 1.88. The lowest BCUT2D eigenvalue weighted by molar-refractivity contribution is 0.408. The van der Waals surface area contributed by atoms with Crippen molar-refractivity contribution in [1.82, 2.24) is 4.90 Å². The van der Waals surface area contributed by atoms with Crippen molar-refractivity contribution in [3.05, 3.63) is 0 Å². The molecule has 0 aromatic carbocycles. The third kappa shape index (κ3) is 6.73. The van der Waals surface area contributed by atoms with E-state index in [-0.39, 0.29) is 0 Å². The molecule has 0 amide bonds. The van der Waals surface area contributed by atoms with Gasteiger partial charge < -0.3 is 4.90 Å². The second-order valence-electron chi connectivity index (χ2n) is 2.51. The monoisotopic (exact) mass is 125 g/mol. The quantitative estimate of drug-likeness (QED) is 0.402. The van der Waals surface area contributed by atoms with Crippen LogP contribution in [0.1, 0.15) is 6.42 Å². The lowest BCUT2D eigenvalue weighted by atomic mass is 10.4. The molecular formula is C6H15MgN. The van der Waals surface area contributed by atoms with Crippen molar-refractivity contribution < 1.29 is 0 Å². The molecule has 0 unspecified atom stereocenters. The molecule has 0 heterocycles. The predicted molar refractivity (Wildman–Crippen MR) is 39.6 cm³/mol. The first-order valence-electron chi connectivity index (χ1n) is 3.42. The van der Waals surface area contributed by atoms with E-state index in [9.17, 15) is 0 Å². The van der Waals surface area contributed by atoms with Crippen molar-refractivity contribution in [3.8, 4) is 0 Å². The van der Waals surface area contributed by atoms with Gasteiger partial charge in [0, 0.05) is 0 Å². The van der Waals surface area contributed by atoms with Crippen molar-refractivity contribution in [2.45, 2.75) is 16.0 Å². The number of hydrogen-bond acceptors (Lipinski definition) is 1. The Morgan fingerprint density at radius 1 is 1.38 bits per heavy atom. The topological polar surface area (TPSA) is 3.24 Å². The minimum absolute atomic E-state index is 0.344. The maximum Gasteiger partial charge on any atom is 0.360 e. The molecule has 0 aromatic rings. The van der Waals surface area contributed by atoms with E-state index in [2.05, 4.69) is 24.0 Å². The van der Waals surface area contributed by atoms with Crippen LogP contribution in [-0.4, -0.2) is 45.9 Å². The minimum atomic E-state index is 0.344. The summed E-state index contributed by atoms with van der Waals surface area (Å²) in [7, 11) is 4.27. The van der Waals surface area contributed by atoms with E-state index in [1.54, 1.807) is 0 Å². The maximum absolute atomic E-state index is 2.37.